The Morgan fingerprint density at radius 2 is 2.12 bits per heavy atom. The van der Waals surface area contributed by atoms with Crippen LogP contribution in [0.4, 0.5) is 14.9 Å². The monoisotopic (exact) mass is 355 g/mol. The Morgan fingerprint density at radius 1 is 1.27 bits per heavy atom. The number of anilines is 1. The van der Waals surface area contributed by atoms with Crippen molar-refractivity contribution < 1.29 is 13.9 Å². The third-order valence-corrected chi connectivity index (χ3v) is 4.25. The molecule has 7 nitrogen and oxygen atoms in total. The van der Waals surface area contributed by atoms with E-state index in [0.29, 0.717) is 17.2 Å². The Kier molecular flexibility index (Phi) is 4.49. The Hall–Kier alpha value is -3.00. The van der Waals surface area contributed by atoms with Crippen molar-refractivity contribution in [2.45, 2.75) is 18.9 Å². The fraction of sp³-hybridized carbons (Fsp3) is 0.278. The van der Waals surface area contributed by atoms with Gasteiger partial charge >= 0.3 is 6.03 Å². The molecule has 1 fully saturated rings. The van der Waals surface area contributed by atoms with Crippen LogP contribution in [-0.4, -0.2) is 51.2 Å². The van der Waals surface area contributed by atoms with Gasteiger partial charge in [0.25, 0.3) is 0 Å². The number of urea groups is 1. The summed E-state index contributed by atoms with van der Waals surface area (Å²) in [7, 11) is 0. The second-order valence-electron chi connectivity index (χ2n) is 6.12. The SMILES string of the molecule is O=C(Nc1ccccc1)N1C[C@@H](F)[C@@H](OCc2nc3ncccc3[nH]2)C1. The number of alkyl halides is 1. The zero-order valence-corrected chi connectivity index (χ0v) is 13.9. The highest BCUT2D eigenvalue weighted by Crippen LogP contribution is 2.20. The van der Waals surface area contributed by atoms with Gasteiger partial charge in [-0.3, -0.25) is 0 Å². The van der Waals surface area contributed by atoms with E-state index in [0.717, 1.165) is 5.52 Å². The van der Waals surface area contributed by atoms with Gasteiger partial charge in [0.2, 0.25) is 0 Å². The fourth-order valence-electron chi connectivity index (χ4n) is 2.93. The van der Waals surface area contributed by atoms with E-state index in [1.807, 2.05) is 30.3 Å². The molecule has 2 aromatic heterocycles. The molecule has 2 amide bonds. The molecule has 1 aliphatic heterocycles. The van der Waals surface area contributed by atoms with E-state index < -0.39 is 12.3 Å². The van der Waals surface area contributed by atoms with Gasteiger partial charge in [-0.05, 0) is 24.3 Å². The highest BCUT2D eigenvalue weighted by atomic mass is 19.1. The highest BCUT2D eigenvalue weighted by Gasteiger charge is 2.36. The summed E-state index contributed by atoms with van der Waals surface area (Å²) in [6.07, 6.45) is -0.261. The number of ether oxygens (including phenoxy) is 1. The van der Waals surface area contributed by atoms with Crippen molar-refractivity contribution in [1.82, 2.24) is 19.9 Å². The summed E-state index contributed by atoms with van der Waals surface area (Å²) < 4.78 is 19.9. The van der Waals surface area contributed by atoms with E-state index in [2.05, 4.69) is 20.3 Å². The molecule has 0 spiro atoms. The maximum Gasteiger partial charge on any atom is 0.322 e. The number of benzene rings is 1. The normalized spacial score (nSPS) is 19.8. The number of fused-ring (bicyclic) bond motifs is 1. The van der Waals surface area contributed by atoms with Crippen molar-refractivity contribution in [2.24, 2.45) is 0 Å². The highest BCUT2D eigenvalue weighted by molar-refractivity contribution is 5.89. The van der Waals surface area contributed by atoms with Crippen LogP contribution in [0.15, 0.2) is 48.7 Å². The number of H-pyrrole nitrogens is 1. The maximum absolute atomic E-state index is 14.3. The molecule has 134 valence electrons. The van der Waals surface area contributed by atoms with Crippen molar-refractivity contribution in [2.75, 3.05) is 18.4 Å². The van der Waals surface area contributed by atoms with Crippen molar-refractivity contribution in [3.8, 4) is 0 Å². The summed E-state index contributed by atoms with van der Waals surface area (Å²) in [5, 5.41) is 2.75. The molecule has 1 aromatic carbocycles. The number of carbonyl (C=O) groups excluding carboxylic acids is 1. The topological polar surface area (TPSA) is 83.1 Å². The Bertz CT molecular complexity index is 868. The van der Waals surface area contributed by atoms with E-state index in [1.54, 1.807) is 18.3 Å². The molecular formula is C18H18FN5O2. The van der Waals surface area contributed by atoms with Crippen molar-refractivity contribution in [3.05, 3.63) is 54.5 Å². The molecule has 3 heterocycles. The second-order valence-corrected chi connectivity index (χ2v) is 6.12. The number of para-hydroxylation sites is 1. The minimum Gasteiger partial charge on any atom is -0.365 e. The molecule has 0 saturated carbocycles. The summed E-state index contributed by atoms with van der Waals surface area (Å²) in [5.74, 6) is 0.582. The van der Waals surface area contributed by atoms with E-state index in [9.17, 15) is 9.18 Å². The standard InChI is InChI=1S/C18H18FN5O2/c19-13-9-24(18(25)21-12-5-2-1-3-6-12)10-15(13)26-11-16-22-14-7-4-8-20-17(14)23-16/h1-8,13,15H,9-11H2,(H,21,25)(H,20,22,23)/t13-,15+/m1/s1. The van der Waals surface area contributed by atoms with Crippen LogP contribution in [-0.2, 0) is 11.3 Å². The number of halogens is 1. The Morgan fingerprint density at radius 3 is 2.92 bits per heavy atom. The van der Waals surface area contributed by atoms with Crippen LogP contribution in [0.1, 0.15) is 5.82 Å². The molecule has 2 N–H and O–H groups in total. The molecular weight excluding hydrogens is 337 g/mol. The van der Waals surface area contributed by atoms with Crippen molar-refractivity contribution >= 4 is 22.9 Å². The molecule has 3 aromatic rings. The maximum atomic E-state index is 14.3. The molecule has 1 saturated heterocycles. The summed E-state index contributed by atoms with van der Waals surface area (Å²) in [6.45, 7) is 0.332. The fourth-order valence-corrected chi connectivity index (χ4v) is 2.93. The summed E-state index contributed by atoms with van der Waals surface area (Å²) in [5.41, 5.74) is 2.07. The van der Waals surface area contributed by atoms with Crippen LogP contribution in [0, 0.1) is 0 Å². The predicted octanol–water partition coefficient (Wildman–Crippen LogP) is 2.73. The number of nitrogens with one attached hydrogen (secondary N) is 2. The number of likely N-dealkylation sites (tertiary alicyclic amines) is 1. The number of pyridine rings is 1. The third-order valence-electron chi connectivity index (χ3n) is 4.25. The minimum atomic E-state index is -1.24. The second kappa shape index (κ2) is 7.09. The quantitative estimate of drug-likeness (QED) is 0.754. The number of hydrogen-bond donors (Lipinski definition) is 2. The summed E-state index contributed by atoms with van der Waals surface area (Å²) in [6, 6.07) is 12.4. The van der Waals surface area contributed by atoms with Gasteiger partial charge in [0.1, 0.15) is 24.7 Å². The molecule has 26 heavy (non-hydrogen) atoms. The lowest BCUT2D eigenvalue weighted by Crippen LogP contribution is -2.34. The molecule has 0 radical (unpaired) electrons. The van der Waals surface area contributed by atoms with Crippen molar-refractivity contribution in [1.29, 1.82) is 0 Å². The first-order valence-electron chi connectivity index (χ1n) is 8.35. The van der Waals surface area contributed by atoms with E-state index >= 15 is 0 Å². The van der Waals surface area contributed by atoms with Crippen LogP contribution in [0.3, 0.4) is 0 Å². The zero-order valence-electron chi connectivity index (χ0n) is 13.9. The van der Waals surface area contributed by atoms with Crippen molar-refractivity contribution in [3.63, 3.8) is 0 Å². The molecule has 2 atom stereocenters. The van der Waals surface area contributed by atoms with Gasteiger partial charge in [-0.1, -0.05) is 18.2 Å². The largest absolute Gasteiger partial charge is 0.365 e. The van der Waals surface area contributed by atoms with Crippen LogP contribution in [0.2, 0.25) is 0 Å². The van der Waals surface area contributed by atoms with Gasteiger partial charge in [0.05, 0.1) is 18.6 Å². The van der Waals surface area contributed by atoms with E-state index in [-0.39, 0.29) is 25.7 Å². The number of rotatable bonds is 4. The number of aromatic amines is 1. The smallest absolute Gasteiger partial charge is 0.322 e. The molecule has 4 rings (SSSR count). The van der Waals surface area contributed by atoms with Crippen LogP contribution in [0.5, 0.6) is 0 Å². The van der Waals surface area contributed by atoms with Crippen LogP contribution in [0.25, 0.3) is 11.2 Å². The van der Waals surface area contributed by atoms with E-state index in [1.165, 1.54) is 4.90 Å². The third kappa shape index (κ3) is 3.50. The summed E-state index contributed by atoms with van der Waals surface area (Å²) in [4.78, 5) is 25.2. The molecule has 0 bridgehead atoms. The van der Waals surface area contributed by atoms with Gasteiger partial charge in [-0.2, -0.15) is 0 Å². The minimum absolute atomic E-state index is 0.00498. The first kappa shape index (κ1) is 16.5. The lowest BCUT2D eigenvalue weighted by atomic mass is 10.3. The molecule has 8 heteroatoms. The lowest BCUT2D eigenvalue weighted by molar-refractivity contribution is 0.00961. The number of nitrogens with zero attached hydrogens (tertiary/aromatic N) is 3. The summed E-state index contributed by atoms with van der Waals surface area (Å²) >= 11 is 0. The molecule has 0 unspecified atom stereocenters. The average Bonchev–Trinajstić information content (AvgIpc) is 3.23. The van der Waals surface area contributed by atoms with Gasteiger partial charge in [-0.15, -0.1) is 0 Å². The first-order chi connectivity index (χ1) is 12.7. The van der Waals surface area contributed by atoms with Gasteiger partial charge in [0, 0.05) is 11.9 Å². The average molecular weight is 355 g/mol. The number of aromatic nitrogens is 3. The van der Waals surface area contributed by atoms with E-state index in [4.69, 9.17) is 4.74 Å². The molecule has 1 aliphatic rings. The van der Waals surface area contributed by atoms with Gasteiger partial charge in [-0.25, -0.2) is 19.2 Å². The number of hydrogen-bond acceptors (Lipinski definition) is 4. The van der Waals surface area contributed by atoms with Gasteiger partial charge in [0.15, 0.2) is 5.65 Å². The first-order valence-corrected chi connectivity index (χ1v) is 8.35. The number of imidazole rings is 1. The number of carbonyl (C=O) groups is 1. The predicted molar refractivity (Wildman–Crippen MR) is 94.4 cm³/mol. The van der Waals surface area contributed by atoms with Gasteiger partial charge < -0.3 is 19.9 Å². The Balaban J connectivity index is 1.34. The van der Waals surface area contributed by atoms with Crippen LogP contribution < -0.4 is 5.32 Å². The Labute approximate surface area is 149 Å². The molecule has 0 aliphatic carbocycles. The lowest BCUT2D eigenvalue weighted by Gasteiger charge is -2.16. The number of amides is 2. The van der Waals surface area contributed by atoms with Crippen LogP contribution >= 0.6 is 0 Å². The zero-order chi connectivity index (χ0) is 17.9.